The molecule has 0 aliphatic carbocycles. The maximum atomic E-state index is 9.94. The average Bonchev–Trinajstić information content (AvgIpc) is 2.27. The Balaban J connectivity index is 2.27. The number of nitrogens with one attached hydrogen (secondary N) is 1. The second-order valence-electron chi connectivity index (χ2n) is 5.66. The number of piperidine rings is 1. The molecule has 1 aliphatic heterocycles. The number of aliphatic hydroxyl groups is 1. The van der Waals surface area contributed by atoms with E-state index in [1.165, 1.54) is 25.9 Å². The molecule has 0 saturated carbocycles. The first-order chi connectivity index (χ1) is 7.44. The Morgan fingerprint density at radius 1 is 1.44 bits per heavy atom. The summed E-state index contributed by atoms with van der Waals surface area (Å²) in [6.07, 6.45) is 3.36. The predicted octanol–water partition coefficient (Wildman–Crippen LogP) is 1.47. The molecule has 1 saturated heterocycles. The van der Waals surface area contributed by atoms with Gasteiger partial charge in [0.1, 0.15) is 0 Å². The summed E-state index contributed by atoms with van der Waals surface area (Å²) in [6.45, 7) is 9.31. The summed E-state index contributed by atoms with van der Waals surface area (Å²) in [7, 11) is 2.19. The van der Waals surface area contributed by atoms with Crippen molar-refractivity contribution in [1.82, 2.24) is 10.2 Å². The summed E-state index contributed by atoms with van der Waals surface area (Å²) < 4.78 is 0. The van der Waals surface area contributed by atoms with Crippen molar-refractivity contribution in [3.63, 3.8) is 0 Å². The SMILES string of the molecule is CCC(C)(O)CNC(C)C1CCN(C)CC1. The van der Waals surface area contributed by atoms with Gasteiger partial charge in [-0.05, 0) is 59.2 Å². The van der Waals surface area contributed by atoms with Crippen molar-refractivity contribution in [3.8, 4) is 0 Å². The molecule has 0 bridgehead atoms. The van der Waals surface area contributed by atoms with Crippen LogP contribution in [0.25, 0.3) is 0 Å². The van der Waals surface area contributed by atoms with Crippen LogP contribution >= 0.6 is 0 Å². The van der Waals surface area contributed by atoms with Crippen molar-refractivity contribution in [2.45, 2.75) is 51.7 Å². The highest BCUT2D eigenvalue weighted by molar-refractivity contribution is 4.81. The third-order valence-electron chi connectivity index (χ3n) is 4.04. The van der Waals surface area contributed by atoms with Crippen LogP contribution in [-0.4, -0.2) is 48.3 Å². The maximum absolute atomic E-state index is 9.94. The Morgan fingerprint density at radius 2 is 2.00 bits per heavy atom. The first-order valence-electron chi connectivity index (χ1n) is 6.59. The maximum Gasteiger partial charge on any atom is 0.0741 e. The van der Waals surface area contributed by atoms with Crippen molar-refractivity contribution in [1.29, 1.82) is 0 Å². The fourth-order valence-electron chi connectivity index (χ4n) is 2.20. The van der Waals surface area contributed by atoms with E-state index in [0.717, 1.165) is 12.3 Å². The molecular formula is C13H28N2O. The minimum Gasteiger partial charge on any atom is -0.389 e. The lowest BCUT2D eigenvalue weighted by molar-refractivity contribution is 0.0491. The van der Waals surface area contributed by atoms with Crippen molar-refractivity contribution in [2.24, 2.45) is 5.92 Å². The molecule has 0 aromatic heterocycles. The van der Waals surface area contributed by atoms with E-state index in [4.69, 9.17) is 0 Å². The highest BCUT2D eigenvalue weighted by atomic mass is 16.3. The van der Waals surface area contributed by atoms with Gasteiger partial charge in [-0.3, -0.25) is 0 Å². The number of likely N-dealkylation sites (tertiary alicyclic amines) is 1. The summed E-state index contributed by atoms with van der Waals surface area (Å²) in [5.41, 5.74) is -0.556. The van der Waals surface area contributed by atoms with Crippen LogP contribution in [0.15, 0.2) is 0 Å². The summed E-state index contributed by atoms with van der Waals surface area (Å²) in [5, 5.41) is 13.4. The van der Waals surface area contributed by atoms with Gasteiger partial charge in [-0.2, -0.15) is 0 Å². The lowest BCUT2D eigenvalue weighted by Gasteiger charge is -2.34. The van der Waals surface area contributed by atoms with Crippen LogP contribution in [0.5, 0.6) is 0 Å². The number of rotatable bonds is 5. The first kappa shape index (κ1) is 13.9. The van der Waals surface area contributed by atoms with Gasteiger partial charge in [0.25, 0.3) is 0 Å². The van der Waals surface area contributed by atoms with E-state index in [1.54, 1.807) is 0 Å². The highest BCUT2D eigenvalue weighted by Gasteiger charge is 2.24. The number of hydrogen-bond donors (Lipinski definition) is 2. The van der Waals surface area contributed by atoms with Crippen LogP contribution < -0.4 is 5.32 Å². The molecule has 0 aromatic rings. The Hall–Kier alpha value is -0.120. The van der Waals surface area contributed by atoms with Gasteiger partial charge in [0.15, 0.2) is 0 Å². The van der Waals surface area contributed by atoms with Crippen LogP contribution in [0.1, 0.15) is 40.0 Å². The zero-order valence-electron chi connectivity index (χ0n) is 11.3. The Labute approximate surface area is 100 Å². The van der Waals surface area contributed by atoms with Crippen molar-refractivity contribution in [2.75, 3.05) is 26.7 Å². The van der Waals surface area contributed by atoms with Gasteiger partial charge in [0.2, 0.25) is 0 Å². The number of hydrogen-bond acceptors (Lipinski definition) is 3. The summed E-state index contributed by atoms with van der Waals surface area (Å²) in [5.74, 6) is 0.767. The fraction of sp³-hybridized carbons (Fsp3) is 1.00. The van der Waals surface area contributed by atoms with E-state index in [9.17, 15) is 5.11 Å². The standard InChI is InChI=1S/C13H28N2O/c1-5-13(3,16)10-14-11(2)12-6-8-15(4)9-7-12/h11-12,14,16H,5-10H2,1-4H3. The molecule has 16 heavy (non-hydrogen) atoms. The zero-order chi connectivity index (χ0) is 12.2. The third-order valence-corrected chi connectivity index (χ3v) is 4.04. The second kappa shape index (κ2) is 5.99. The normalized spacial score (nSPS) is 25.3. The van der Waals surface area contributed by atoms with Gasteiger partial charge in [-0.15, -0.1) is 0 Å². The molecule has 3 heteroatoms. The van der Waals surface area contributed by atoms with E-state index in [-0.39, 0.29) is 0 Å². The minimum absolute atomic E-state index is 0.520. The highest BCUT2D eigenvalue weighted by Crippen LogP contribution is 2.20. The summed E-state index contributed by atoms with van der Waals surface area (Å²) in [6, 6.07) is 0.520. The van der Waals surface area contributed by atoms with E-state index in [2.05, 4.69) is 24.2 Å². The summed E-state index contributed by atoms with van der Waals surface area (Å²) in [4.78, 5) is 2.39. The summed E-state index contributed by atoms with van der Waals surface area (Å²) >= 11 is 0. The Morgan fingerprint density at radius 3 is 2.50 bits per heavy atom. The predicted molar refractivity (Wildman–Crippen MR) is 68.6 cm³/mol. The van der Waals surface area contributed by atoms with Crippen molar-refractivity contribution >= 4 is 0 Å². The molecule has 2 atom stereocenters. The zero-order valence-corrected chi connectivity index (χ0v) is 11.3. The van der Waals surface area contributed by atoms with E-state index >= 15 is 0 Å². The molecule has 0 spiro atoms. The third kappa shape index (κ3) is 4.40. The van der Waals surface area contributed by atoms with Crippen LogP contribution in [0.2, 0.25) is 0 Å². The topological polar surface area (TPSA) is 35.5 Å². The van der Waals surface area contributed by atoms with E-state index in [0.29, 0.717) is 12.6 Å². The molecule has 0 aromatic carbocycles. The van der Waals surface area contributed by atoms with Crippen LogP contribution in [0.4, 0.5) is 0 Å². The molecule has 1 fully saturated rings. The largest absolute Gasteiger partial charge is 0.389 e. The van der Waals surface area contributed by atoms with Gasteiger partial charge in [-0.25, -0.2) is 0 Å². The molecule has 1 rings (SSSR count). The average molecular weight is 228 g/mol. The number of nitrogens with zero attached hydrogens (tertiary/aromatic N) is 1. The fourth-order valence-corrected chi connectivity index (χ4v) is 2.20. The van der Waals surface area contributed by atoms with E-state index in [1.807, 2.05) is 13.8 Å². The lowest BCUT2D eigenvalue weighted by Crippen LogP contribution is -2.46. The molecule has 0 amide bonds. The molecule has 1 aliphatic rings. The van der Waals surface area contributed by atoms with Crippen molar-refractivity contribution < 1.29 is 5.11 Å². The molecule has 0 radical (unpaired) electrons. The monoisotopic (exact) mass is 228 g/mol. The second-order valence-corrected chi connectivity index (χ2v) is 5.66. The molecule has 2 N–H and O–H groups in total. The Bertz CT molecular complexity index is 198. The smallest absolute Gasteiger partial charge is 0.0741 e. The minimum atomic E-state index is -0.556. The van der Waals surface area contributed by atoms with Gasteiger partial charge in [0, 0.05) is 12.6 Å². The molecule has 2 unspecified atom stereocenters. The quantitative estimate of drug-likeness (QED) is 0.748. The molecule has 96 valence electrons. The van der Waals surface area contributed by atoms with Gasteiger partial charge >= 0.3 is 0 Å². The van der Waals surface area contributed by atoms with Crippen LogP contribution in [0, 0.1) is 5.92 Å². The van der Waals surface area contributed by atoms with Crippen LogP contribution in [0.3, 0.4) is 0 Å². The van der Waals surface area contributed by atoms with E-state index < -0.39 is 5.60 Å². The van der Waals surface area contributed by atoms with Gasteiger partial charge < -0.3 is 15.3 Å². The molecular weight excluding hydrogens is 200 g/mol. The van der Waals surface area contributed by atoms with Gasteiger partial charge in [0.05, 0.1) is 5.60 Å². The Kier molecular flexibility index (Phi) is 5.22. The van der Waals surface area contributed by atoms with Crippen LogP contribution in [-0.2, 0) is 0 Å². The van der Waals surface area contributed by atoms with Gasteiger partial charge in [-0.1, -0.05) is 6.92 Å². The van der Waals surface area contributed by atoms with Crippen molar-refractivity contribution in [3.05, 3.63) is 0 Å². The molecule has 3 nitrogen and oxygen atoms in total. The lowest BCUT2D eigenvalue weighted by atomic mass is 9.90. The molecule has 1 heterocycles. The first-order valence-corrected chi connectivity index (χ1v) is 6.59.